The second kappa shape index (κ2) is 8.64. The van der Waals surface area contributed by atoms with Gasteiger partial charge >= 0.3 is 0 Å². The van der Waals surface area contributed by atoms with Crippen molar-refractivity contribution in [3.8, 4) is 0 Å². The van der Waals surface area contributed by atoms with E-state index in [1.165, 1.54) is 16.4 Å². The Morgan fingerprint density at radius 2 is 1.82 bits per heavy atom. The van der Waals surface area contributed by atoms with Gasteiger partial charge in [-0.1, -0.05) is 48.4 Å². The van der Waals surface area contributed by atoms with E-state index in [0.29, 0.717) is 24.4 Å². The van der Waals surface area contributed by atoms with Crippen LogP contribution >= 0.6 is 11.6 Å². The molecule has 0 bridgehead atoms. The minimum absolute atomic E-state index is 0.145. The average molecular weight is 421 g/mol. The van der Waals surface area contributed by atoms with Crippen molar-refractivity contribution in [2.24, 2.45) is 0 Å². The van der Waals surface area contributed by atoms with E-state index in [1.807, 2.05) is 38.1 Å². The molecule has 1 aliphatic rings. The molecule has 0 radical (unpaired) electrons. The average Bonchev–Trinajstić information content (AvgIpc) is 3.18. The molecule has 28 heavy (non-hydrogen) atoms. The van der Waals surface area contributed by atoms with Crippen molar-refractivity contribution in [1.29, 1.82) is 0 Å². The summed E-state index contributed by atoms with van der Waals surface area (Å²) in [5.41, 5.74) is 2.17. The summed E-state index contributed by atoms with van der Waals surface area (Å²) in [6.07, 6.45) is 1.90. The van der Waals surface area contributed by atoms with Gasteiger partial charge in [-0.2, -0.15) is 4.31 Å². The first kappa shape index (κ1) is 20.8. The molecule has 5 nitrogen and oxygen atoms in total. The molecule has 0 aliphatic carbocycles. The highest BCUT2D eigenvalue weighted by Gasteiger charge is 2.39. The topological polar surface area (TPSA) is 66.5 Å². The maximum atomic E-state index is 13.0. The molecule has 0 spiro atoms. The van der Waals surface area contributed by atoms with E-state index in [1.54, 1.807) is 12.1 Å². The zero-order valence-corrected chi connectivity index (χ0v) is 17.6. The van der Waals surface area contributed by atoms with E-state index in [4.69, 9.17) is 11.6 Å². The lowest BCUT2D eigenvalue weighted by Gasteiger charge is -2.26. The molecular weight excluding hydrogens is 396 g/mol. The number of hydrogen-bond donors (Lipinski definition) is 1. The second-order valence-corrected chi connectivity index (χ2v) is 9.43. The third kappa shape index (κ3) is 4.40. The molecule has 1 saturated heterocycles. The summed E-state index contributed by atoms with van der Waals surface area (Å²) >= 11 is 5.87. The van der Waals surface area contributed by atoms with Gasteiger partial charge in [0.25, 0.3) is 0 Å². The lowest BCUT2D eigenvalue weighted by molar-refractivity contribution is -0.125. The molecular formula is C21H25ClN2O3S. The zero-order valence-electron chi connectivity index (χ0n) is 16.1. The van der Waals surface area contributed by atoms with Gasteiger partial charge in [-0.3, -0.25) is 4.79 Å². The third-order valence-electron chi connectivity index (χ3n) is 5.13. The number of aryl methyl sites for hydroxylation is 1. The standard InChI is InChI=1S/C21H25ClN2O3S/c1-3-19(16-8-6-15(2)7-9-16)23-21(25)20-5-4-14-24(20)28(26,27)18-12-10-17(22)11-13-18/h6-13,19-20H,3-5,14H2,1-2H3,(H,23,25)/t19-,20+/m0/s1. The number of nitrogens with zero attached hydrogens (tertiary/aromatic N) is 1. The lowest BCUT2D eigenvalue weighted by atomic mass is 10.0. The molecule has 1 heterocycles. The van der Waals surface area contributed by atoms with Gasteiger partial charge in [0.2, 0.25) is 15.9 Å². The number of hydrogen-bond acceptors (Lipinski definition) is 3. The van der Waals surface area contributed by atoms with E-state index in [-0.39, 0.29) is 16.8 Å². The molecule has 0 saturated carbocycles. The number of carbonyl (C=O) groups excluding carboxylic acids is 1. The van der Waals surface area contributed by atoms with Gasteiger partial charge < -0.3 is 5.32 Å². The van der Waals surface area contributed by atoms with E-state index >= 15 is 0 Å². The van der Waals surface area contributed by atoms with Crippen molar-refractivity contribution >= 4 is 27.5 Å². The van der Waals surface area contributed by atoms with Gasteiger partial charge in [-0.15, -0.1) is 0 Å². The van der Waals surface area contributed by atoms with Crippen molar-refractivity contribution in [3.63, 3.8) is 0 Å². The maximum absolute atomic E-state index is 13.0. The molecule has 1 aliphatic heterocycles. The molecule has 1 amide bonds. The van der Waals surface area contributed by atoms with Gasteiger partial charge in [0.15, 0.2) is 0 Å². The van der Waals surface area contributed by atoms with Crippen LogP contribution in [0.25, 0.3) is 0 Å². The van der Waals surface area contributed by atoms with E-state index in [0.717, 1.165) is 17.5 Å². The summed E-state index contributed by atoms with van der Waals surface area (Å²) < 4.78 is 27.4. The molecule has 2 atom stereocenters. The molecule has 3 rings (SSSR count). The second-order valence-electron chi connectivity index (χ2n) is 7.11. The molecule has 0 unspecified atom stereocenters. The number of benzene rings is 2. The first-order chi connectivity index (χ1) is 13.3. The highest BCUT2D eigenvalue weighted by molar-refractivity contribution is 7.89. The zero-order chi connectivity index (χ0) is 20.3. The van der Waals surface area contributed by atoms with Crippen molar-refractivity contribution in [2.45, 2.75) is 50.1 Å². The summed E-state index contributed by atoms with van der Waals surface area (Å²) in [6, 6.07) is 13.2. The van der Waals surface area contributed by atoms with Gasteiger partial charge in [-0.25, -0.2) is 8.42 Å². The van der Waals surface area contributed by atoms with Crippen molar-refractivity contribution in [2.75, 3.05) is 6.54 Å². The smallest absolute Gasteiger partial charge is 0.243 e. The number of nitrogens with one attached hydrogen (secondary N) is 1. The van der Waals surface area contributed by atoms with E-state index in [9.17, 15) is 13.2 Å². The van der Waals surface area contributed by atoms with Crippen molar-refractivity contribution in [1.82, 2.24) is 9.62 Å². The van der Waals surface area contributed by atoms with Crippen LogP contribution < -0.4 is 5.32 Å². The lowest BCUT2D eigenvalue weighted by Crippen LogP contribution is -2.46. The summed E-state index contributed by atoms with van der Waals surface area (Å²) in [7, 11) is -3.75. The fourth-order valence-electron chi connectivity index (χ4n) is 3.52. The van der Waals surface area contributed by atoms with Crippen LogP contribution in [0.4, 0.5) is 0 Å². The molecule has 1 N–H and O–H groups in total. The quantitative estimate of drug-likeness (QED) is 0.765. The number of sulfonamides is 1. The Morgan fingerprint density at radius 1 is 1.18 bits per heavy atom. The third-order valence-corrected chi connectivity index (χ3v) is 7.31. The number of rotatable bonds is 6. The van der Waals surface area contributed by atoms with E-state index < -0.39 is 16.1 Å². The van der Waals surface area contributed by atoms with Gasteiger partial charge in [0, 0.05) is 11.6 Å². The fourth-order valence-corrected chi connectivity index (χ4v) is 5.30. The number of amides is 1. The van der Waals surface area contributed by atoms with Crippen LogP contribution in [0.15, 0.2) is 53.4 Å². The maximum Gasteiger partial charge on any atom is 0.243 e. The number of carbonyl (C=O) groups is 1. The van der Waals surface area contributed by atoms with Crippen LogP contribution in [-0.4, -0.2) is 31.2 Å². The monoisotopic (exact) mass is 420 g/mol. The minimum Gasteiger partial charge on any atom is -0.348 e. The largest absolute Gasteiger partial charge is 0.348 e. The van der Waals surface area contributed by atoms with Crippen molar-refractivity contribution in [3.05, 3.63) is 64.7 Å². The molecule has 0 aromatic heterocycles. The fraction of sp³-hybridized carbons (Fsp3) is 0.381. The Bertz CT molecular complexity index is 927. The Labute approximate surface area is 171 Å². The summed E-state index contributed by atoms with van der Waals surface area (Å²) in [4.78, 5) is 13.1. The summed E-state index contributed by atoms with van der Waals surface area (Å²) in [5.74, 6) is -0.248. The molecule has 2 aromatic rings. The summed E-state index contributed by atoms with van der Waals surface area (Å²) in [5, 5.41) is 3.51. The van der Waals surface area contributed by atoms with E-state index in [2.05, 4.69) is 5.32 Å². The molecule has 150 valence electrons. The predicted molar refractivity (Wildman–Crippen MR) is 111 cm³/mol. The van der Waals surface area contributed by atoms with Crippen LogP contribution in [0, 0.1) is 6.92 Å². The van der Waals surface area contributed by atoms with Crippen LogP contribution in [0.3, 0.4) is 0 Å². The molecule has 7 heteroatoms. The Morgan fingerprint density at radius 3 is 2.43 bits per heavy atom. The minimum atomic E-state index is -3.75. The van der Waals surface area contributed by atoms with Crippen molar-refractivity contribution < 1.29 is 13.2 Å². The van der Waals surface area contributed by atoms with Crippen LogP contribution in [0.1, 0.15) is 43.4 Å². The Kier molecular flexibility index (Phi) is 6.43. The predicted octanol–water partition coefficient (Wildman–Crippen LogP) is 4.07. The van der Waals surface area contributed by atoms with Gasteiger partial charge in [0.05, 0.1) is 10.9 Å². The SMILES string of the molecule is CC[C@H](NC(=O)[C@H]1CCCN1S(=O)(=O)c1ccc(Cl)cc1)c1ccc(C)cc1. The van der Waals surface area contributed by atoms with Crippen LogP contribution in [-0.2, 0) is 14.8 Å². The first-order valence-electron chi connectivity index (χ1n) is 9.47. The first-order valence-corrected chi connectivity index (χ1v) is 11.3. The van der Waals surface area contributed by atoms with Gasteiger partial charge in [-0.05, 0) is 56.0 Å². The van der Waals surface area contributed by atoms with Crippen LogP contribution in [0.5, 0.6) is 0 Å². The molecule has 2 aromatic carbocycles. The Balaban J connectivity index is 1.78. The number of halogens is 1. The highest BCUT2D eigenvalue weighted by atomic mass is 35.5. The Hall–Kier alpha value is -1.89. The molecule has 1 fully saturated rings. The highest BCUT2D eigenvalue weighted by Crippen LogP contribution is 2.28. The van der Waals surface area contributed by atoms with Gasteiger partial charge in [0.1, 0.15) is 6.04 Å². The summed E-state index contributed by atoms with van der Waals surface area (Å²) in [6.45, 7) is 4.35. The normalized spacial score (nSPS) is 18.8. The van der Waals surface area contributed by atoms with Crippen LogP contribution in [0.2, 0.25) is 5.02 Å².